The number of anilines is 2. The van der Waals surface area contributed by atoms with Crippen LogP contribution in [0.2, 0.25) is 5.15 Å². The molecule has 0 radical (unpaired) electrons. The number of benzene rings is 1. The van der Waals surface area contributed by atoms with E-state index >= 15 is 0 Å². The zero-order valence-electron chi connectivity index (χ0n) is 11.2. The molecule has 1 aromatic carbocycles. The summed E-state index contributed by atoms with van der Waals surface area (Å²) in [6.07, 6.45) is 2.39. The predicted molar refractivity (Wildman–Crippen MR) is 82.2 cm³/mol. The minimum absolute atomic E-state index is 0.141. The van der Waals surface area contributed by atoms with Gasteiger partial charge in [-0.3, -0.25) is 9.78 Å². The van der Waals surface area contributed by atoms with Gasteiger partial charge in [-0.1, -0.05) is 17.7 Å². The van der Waals surface area contributed by atoms with E-state index in [1.54, 1.807) is 13.1 Å². The summed E-state index contributed by atoms with van der Waals surface area (Å²) in [7, 11) is 0. The molecule has 3 rings (SSSR count). The number of pyridine rings is 1. The lowest BCUT2D eigenvalue weighted by atomic mass is 10.2. The van der Waals surface area contributed by atoms with Crippen LogP contribution < -0.4 is 5.32 Å². The average Bonchev–Trinajstić information content (AvgIpc) is 2.47. The highest BCUT2D eigenvalue weighted by atomic mass is 35.5. The van der Waals surface area contributed by atoms with Gasteiger partial charge in [0.2, 0.25) is 0 Å². The Morgan fingerprint density at radius 1 is 1.24 bits per heavy atom. The molecule has 2 heterocycles. The standard InChI is InChI=1S/C15H11ClN4O/c1-9-18-14(16)12(8-21)15(19-9)20-11-4-5-13-10(7-11)3-2-6-17-13/h2-8H,1H3,(H,18,19,20). The fourth-order valence-corrected chi connectivity index (χ4v) is 2.29. The third-order valence-electron chi connectivity index (χ3n) is 2.99. The van der Waals surface area contributed by atoms with Gasteiger partial charge in [0.1, 0.15) is 16.8 Å². The van der Waals surface area contributed by atoms with Crippen molar-refractivity contribution in [2.75, 3.05) is 5.32 Å². The lowest BCUT2D eigenvalue weighted by Gasteiger charge is -2.10. The number of nitrogens with zero attached hydrogens (tertiary/aromatic N) is 3. The van der Waals surface area contributed by atoms with Crippen LogP contribution in [0.15, 0.2) is 36.5 Å². The molecule has 0 aliphatic heterocycles. The van der Waals surface area contributed by atoms with Crippen molar-refractivity contribution in [3.05, 3.63) is 53.1 Å². The van der Waals surface area contributed by atoms with Gasteiger partial charge in [-0.15, -0.1) is 0 Å². The van der Waals surface area contributed by atoms with E-state index in [4.69, 9.17) is 11.6 Å². The molecule has 0 unspecified atom stereocenters. The van der Waals surface area contributed by atoms with Crippen molar-refractivity contribution in [1.82, 2.24) is 15.0 Å². The smallest absolute Gasteiger partial charge is 0.156 e. The van der Waals surface area contributed by atoms with Crippen LogP contribution in [0.25, 0.3) is 10.9 Å². The van der Waals surface area contributed by atoms with E-state index in [1.807, 2.05) is 30.3 Å². The molecule has 2 aromatic heterocycles. The number of hydrogen-bond acceptors (Lipinski definition) is 5. The van der Waals surface area contributed by atoms with Gasteiger partial charge in [0.25, 0.3) is 0 Å². The summed E-state index contributed by atoms with van der Waals surface area (Å²) in [5, 5.41) is 4.24. The maximum atomic E-state index is 11.1. The van der Waals surface area contributed by atoms with Gasteiger partial charge in [0.15, 0.2) is 6.29 Å². The Labute approximate surface area is 126 Å². The zero-order valence-corrected chi connectivity index (χ0v) is 11.9. The van der Waals surface area contributed by atoms with E-state index in [-0.39, 0.29) is 10.7 Å². The Bertz CT molecular complexity index is 835. The van der Waals surface area contributed by atoms with Crippen LogP contribution in [-0.2, 0) is 0 Å². The summed E-state index contributed by atoms with van der Waals surface area (Å²) in [5.74, 6) is 0.890. The van der Waals surface area contributed by atoms with Crippen LogP contribution in [-0.4, -0.2) is 21.2 Å². The number of carbonyl (C=O) groups excluding carboxylic acids is 1. The molecule has 0 atom stereocenters. The maximum Gasteiger partial charge on any atom is 0.156 e. The quantitative estimate of drug-likeness (QED) is 0.591. The number of fused-ring (bicyclic) bond motifs is 1. The summed E-state index contributed by atoms with van der Waals surface area (Å²) < 4.78 is 0. The molecule has 0 aliphatic rings. The monoisotopic (exact) mass is 298 g/mol. The first-order valence-electron chi connectivity index (χ1n) is 6.28. The molecule has 3 aromatic rings. The third kappa shape index (κ3) is 2.68. The Hall–Kier alpha value is -2.53. The Kier molecular flexibility index (Phi) is 3.50. The molecule has 0 saturated carbocycles. The number of aromatic nitrogens is 3. The number of hydrogen-bond donors (Lipinski definition) is 1. The molecule has 1 N–H and O–H groups in total. The van der Waals surface area contributed by atoms with Gasteiger partial charge in [-0.05, 0) is 31.2 Å². The van der Waals surface area contributed by atoms with Crippen LogP contribution >= 0.6 is 11.6 Å². The number of rotatable bonds is 3. The van der Waals surface area contributed by atoms with Gasteiger partial charge in [-0.25, -0.2) is 9.97 Å². The predicted octanol–water partition coefficient (Wildman–Crippen LogP) is 3.54. The van der Waals surface area contributed by atoms with Gasteiger partial charge in [0.05, 0.1) is 11.1 Å². The van der Waals surface area contributed by atoms with Crippen molar-refractivity contribution >= 4 is 40.3 Å². The fourth-order valence-electron chi connectivity index (χ4n) is 2.04. The molecule has 0 aliphatic carbocycles. The van der Waals surface area contributed by atoms with Gasteiger partial charge in [-0.2, -0.15) is 0 Å². The molecule has 21 heavy (non-hydrogen) atoms. The van der Waals surface area contributed by atoms with E-state index in [9.17, 15) is 4.79 Å². The molecule has 0 amide bonds. The lowest BCUT2D eigenvalue weighted by Crippen LogP contribution is -2.03. The second-order valence-corrected chi connectivity index (χ2v) is 4.84. The van der Waals surface area contributed by atoms with E-state index in [2.05, 4.69) is 20.3 Å². The summed E-state index contributed by atoms with van der Waals surface area (Å²) >= 11 is 5.96. The van der Waals surface area contributed by atoms with E-state index in [0.29, 0.717) is 17.9 Å². The van der Waals surface area contributed by atoms with Crippen molar-refractivity contribution in [3.8, 4) is 0 Å². The first-order valence-corrected chi connectivity index (χ1v) is 6.66. The SMILES string of the molecule is Cc1nc(Cl)c(C=O)c(Nc2ccc3ncccc3c2)n1. The van der Waals surface area contributed by atoms with Crippen molar-refractivity contribution < 1.29 is 4.79 Å². The van der Waals surface area contributed by atoms with Crippen molar-refractivity contribution in [3.63, 3.8) is 0 Å². The van der Waals surface area contributed by atoms with Crippen LogP contribution in [0.3, 0.4) is 0 Å². The Morgan fingerprint density at radius 3 is 2.90 bits per heavy atom. The fraction of sp³-hybridized carbons (Fsp3) is 0.0667. The van der Waals surface area contributed by atoms with Crippen LogP contribution in [0.5, 0.6) is 0 Å². The number of carbonyl (C=O) groups is 1. The topological polar surface area (TPSA) is 67.8 Å². The average molecular weight is 299 g/mol. The highest BCUT2D eigenvalue weighted by Crippen LogP contribution is 2.24. The molecule has 104 valence electrons. The van der Waals surface area contributed by atoms with Crippen molar-refractivity contribution in [1.29, 1.82) is 0 Å². The Morgan fingerprint density at radius 2 is 2.10 bits per heavy atom. The highest BCUT2D eigenvalue weighted by molar-refractivity contribution is 6.32. The van der Waals surface area contributed by atoms with Crippen molar-refractivity contribution in [2.24, 2.45) is 0 Å². The molecular weight excluding hydrogens is 288 g/mol. The molecule has 0 spiro atoms. The number of aldehydes is 1. The molecule has 5 nitrogen and oxygen atoms in total. The van der Waals surface area contributed by atoms with E-state index < -0.39 is 0 Å². The molecular formula is C15H11ClN4O. The summed E-state index contributed by atoms with van der Waals surface area (Å²) in [5.41, 5.74) is 1.94. The normalized spacial score (nSPS) is 10.6. The second-order valence-electron chi connectivity index (χ2n) is 4.48. The highest BCUT2D eigenvalue weighted by Gasteiger charge is 2.11. The van der Waals surface area contributed by atoms with Gasteiger partial charge < -0.3 is 5.32 Å². The van der Waals surface area contributed by atoms with Crippen molar-refractivity contribution in [2.45, 2.75) is 6.92 Å². The Balaban J connectivity index is 2.04. The minimum atomic E-state index is 0.141. The summed E-state index contributed by atoms with van der Waals surface area (Å²) in [6, 6.07) is 9.53. The third-order valence-corrected chi connectivity index (χ3v) is 3.28. The molecule has 0 saturated heterocycles. The molecule has 6 heteroatoms. The number of aryl methyl sites for hydroxylation is 1. The van der Waals surface area contributed by atoms with E-state index in [1.165, 1.54) is 0 Å². The molecule has 0 bridgehead atoms. The molecule has 0 fully saturated rings. The van der Waals surface area contributed by atoms with Gasteiger partial charge >= 0.3 is 0 Å². The maximum absolute atomic E-state index is 11.1. The minimum Gasteiger partial charge on any atom is -0.339 e. The first-order chi connectivity index (χ1) is 10.2. The number of halogens is 1. The largest absolute Gasteiger partial charge is 0.339 e. The number of nitrogens with one attached hydrogen (secondary N) is 1. The lowest BCUT2D eigenvalue weighted by molar-refractivity contribution is 0.112. The summed E-state index contributed by atoms with van der Waals surface area (Å²) in [6.45, 7) is 1.72. The van der Waals surface area contributed by atoms with Gasteiger partial charge in [0, 0.05) is 17.3 Å². The van der Waals surface area contributed by atoms with Crippen LogP contribution in [0.4, 0.5) is 11.5 Å². The summed E-state index contributed by atoms with van der Waals surface area (Å²) in [4.78, 5) is 23.6. The van der Waals surface area contributed by atoms with E-state index in [0.717, 1.165) is 16.6 Å². The van der Waals surface area contributed by atoms with Crippen LogP contribution in [0.1, 0.15) is 16.2 Å². The second kappa shape index (κ2) is 5.46. The van der Waals surface area contributed by atoms with Crippen LogP contribution in [0, 0.1) is 6.92 Å². The first kappa shape index (κ1) is 13.5. The zero-order chi connectivity index (χ0) is 14.8.